The molecule has 1 aromatic carbocycles. The summed E-state index contributed by atoms with van der Waals surface area (Å²) >= 11 is 0. The zero-order valence-corrected chi connectivity index (χ0v) is 14.5. The molecule has 3 nitrogen and oxygen atoms in total. The van der Waals surface area contributed by atoms with E-state index in [0.29, 0.717) is 0 Å². The molecular weight excluding hydrogens is 284 g/mol. The number of anilines is 1. The first kappa shape index (κ1) is 14.4. The Bertz CT molecular complexity index is 759. The van der Waals surface area contributed by atoms with E-state index in [0.717, 1.165) is 5.76 Å². The second kappa shape index (κ2) is 4.44. The van der Waals surface area contributed by atoms with Crippen molar-refractivity contribution in [3.63, 3.8) is 0 Å². The number of likely N-dealkylation sites (N-methyl/N-ethyl adjacent to an activating group) is 2. The molecule has 4 rings (SSSR count). The molecule has 0 aromatic heterocycles. The molecule has 2 unspecified atom stereocenters. The highest BCUT2D eigenvalue weighted by molar-refractivity contribution is 5.67. The molecule has 0 N–H and O–H groups in total. The Morgan fingerprint density at radius 1 is 1.09 bits per heavy atom. The normalized spacial score (nSPS) is 30.6. The molecule has 2 atom stereocenters. The number of hydrogen-bond donors (Lipinski definition) is 0. The van der Waals surface area contributed by atoms with Crippen LogP contribution in [0.5, 0.6) is 0 Å². The quantitative estimate of drug-likeness (QED) is 0.725. The highest BCUT2D eigenvalue weighted by Crippen LogP contribution is 2.54. The van der Waals surface area contributed by atoms with Crippen molar-refractivity contribution >= 4 is 5.69 Å². The van der Waals surface area contributed by atoms with Crippen molar-refractivity contribution in [2.75, 3.05) is 19.0 Å². The lowest BCUT2D eigenvalue weighted by Crippen LogP contribution is -2.57. The standard InChI is InChI=1S/C20H24N2O/c1-14-18-15(11-13-21(14)4)10-12-20(23-18)19(2,3)16-8-6-7-9-17(16)22(20)5/h6-14H,1-5H3. The molecule has 1 spiro atoms. The molecule has 0 amide bonds. The molecule has 0 fully saturated rings. The topological polar surface area (TPSA) is 15.7 Å². The Hall–Kier alpha value is -2.16. The summed E-state index contributed by atoms with van der Waals surface area (Å²) in [4.78, 5) is 4.48. The van der Waals surface area contributed by atoms with E-state index < -0.39 is 5.72 Å². The van der Waals surface area contributed by atoms with E-state index in [1.54, 1.807) is 0 Å². The first-order valence-corrected chi connectivity index (χ1v) is 8.24. The van der Waals surface area contributed by atoms with Crippen molar-refractivity contribution in [1.29, 1.82) is 0 Å². The lowest BCUT2D eigenvalue weighted by molar-refractivity contribution is -0.0214. The molecule has 0 radical (unpaired) electrons. The summed E-state index contributed by atoms with van der Waals surface area (Å²) in [6.45, 7) is 6.75. The minimum Gasteiger partial charge on any atom is -0.465 e. The highest BCUT2D eigenvalue weighted by Gasteiger charge is 2.58. The fraction of sp³-hybridized carbons (Fsp3) is 0.400. The van der Waals surface area contributed by atoms with E-state index in [4.69, 9.17) is 4.74 Å². The van der Waals surface area contributed by atoms with Crippen LogP contribution in [0.3, 0.4) is 0 Å². The number of fused-ring (bicyclic) bond motifs is 1. The molecule has 0 saturated heterocycles. The van der Waals surface area contributed by atoms with Crippen LogP contribution in [0.2, 0.25) is 0 Å². The summed E-state index contributed by atoms with van der Waals surface area (Å²) in [7, 11) is 4.23. The van der Waals surface area contributed by atoms with Crippen molar-refractivity contribution in [3.05, 3.63) is 65.6 Å². The molecule has 3 aliphatic heterocycles. The van der Waals surface area contributed by atoms with Crippen LogP contribution < -0.4 is 4.90 Å². The van der Waals surface area contributed by atoms with Crippen LogP contribution in [0.15, 0.2) is 60.0 Å². The minimum atomic E-state index is -0.476. The second-order valence-electron chi connectivity index (χ2n) is 7.31. The van der Waals surface area contributed by atoms with Gasteiger partial charge in [-0.15, -0.1) is 0 Å². The average Bonchev–Trinajstić information content (AvgIpc) is 2.71. The monoisotopic (exact) mass is 308 g/mol. The van der Waals surface area contributed by atoms with Crippen molar-refractivity contribution in [2.24, 2.45) is 0 Å². The van der Waals surface area contributed by atoms with E-state index in [9.17, 15) is 0 Å². The molecule has 1 aromatic rings. The maximum atomic E-state index is 6.76. The third kappa shape index (κ3) is 1.65. The molecule has 0 saturated carbocycles. The van der Waals surface area contributed by atoms with Crippen LogP contribution in [0.1, 0.15) is 26.3 Å². The highest BCUT2D eigenvalue weighted by atomic mass is 16.5. The fourth-order valence-electron chi connectivity index (χ4n) is 4.12. The maximum Gasteiger partial charge on any atom is 0.211 e. The minimum absolute atomic E-state index is 0.132. The number of hydrogen-bond acceptors (Lipinski definition) is 3. The molecule has 120 valence electrons. The number of allylic oxidation sites excluding steroid dienone is 3. The van der Waals surface area contributed by atoms with Gasteiger partial charge in [-0.2, -0.15) is 0 Å². The summed E-state index contributed by atoms with van der Waals surface area (Å²) in [5, 5.41) is 0. The number of para-hydroxylation sites is 1. The number of nitrogens with zero attached hydrogens (tertiary/aromatic N) is 2. The summed E-state index contributed by atoms with van der Waals surface area (Å²) in [5.41, 5.74) is 3.16. The third-order valence-electron chi connectivity index (χ3n) is 5.85. The smallest absolute Gasteiger partial charge is 0.211 e. The van der Waals surface area contributed by atoms with Crippen LogP contribution in [-0.4, -0.2) is 30.8 Å². The third-order valence-corrected chi connectivity index (χ3v) is 5.85. The van der Waals surface area contributed by atoms with Crippen LogP contribution in [0, 0.1) is 0 Å². The van der Waals surface area contributed by atoms with Gasteiger partial charge in [0.25, 0.3) is 0 Å². The Morgan fingerprint density at radius 2 is 1.83 bits per heavy atom. The van der Waals surface area contributed by atoms with Gasteiger partial charge in [0.2, 0.25) is 5.72 Å². The summed E-state index contributed by atoms with van der Waals surface area (Å²) < 4.78 is 6.76. The SMILES string of the molecule is CC1C2=C(C=CN1C)C=CC1(O2)N(C)c2ccccc2C1(C)C. The van der Waals surface area contributed by atoms with Crippen molar-refractivity contribution < 1.29 is 4.74 Å². The molecule has 3 heteroatoms. The summed E-state index contributed by atoms with van der Waals surface area (Å²) in [6, 6.07) is 8.86. The van der Waals surface area contributed by atoms with Crippen LogP contribution in [0.4, 0.5) is 5.69 Å². The van der Waals surface area contributed by atoms with Gasteiger partial charge in [-0.1, -0.05) is 18.2 Å². The van der Waals surface area contributed by atoms with Gasteiger partial charge in [-0.05, 0) is 50.6 Å². The van der Waals surface area contributed by atoms with Gasteiger partial charge in [0.15, 0.2) is 0 Å². The van der Waals surface area contributed by atoms with Gasteiger partial charge in [-0.3, -0.25) is 0 Å². The van der Waals surface area contributed by atoms with E-state index in [2.05, 4.69) is 93.4 Å². The maximum absolute atomic E-state index is 6.76. The molecule has 0 aliphatic carbocycles. The zero-order chi connectivity index (χ0) is 16.4. The van der Waals surface area contributed by atoms with E-state index in [1.165, 1.54) is 16.8 Å². The van der Waals surface area contributed by atoms with Crippen LogP contribution in [0.25, 0.3) is 0 Å². The first-order chi connectivity index (χ1) is 10.9. The lowest BCUT2D eigenvalue weighted by atomic mass is 9.76. The fourth-order valence-corrected chi connectivity index (χ4v) is 4.12. The largest absolute Gasteiger partial charge is 0.465 e. The molecule has 23 heavy (non-hydrogen) atoms. The Balaban J connectivity index is 1.84. The first-order valence-electron chi connectivity index (χ1n) is 8.24. The van der Waals surface area contributed by atoms with Crippen molar-refractivity contribution in [1.82, 2.24) is 4.90 Å². The van der Waals surface area contributed by atoms with E-state index in [-0.39, 0.29) is 11.5 Å². The zero-order valence-electron chi connectivity index (χ0n) is 14.5. The predicted molar refractivity (Wildman–Crippen MR) is 94.2 cm³/mol. The van der Waals surface area contributed by atoms with Crippen LogP contribution in [-0.2, 0) is 10.2 Å². The molecule has 3 heterocycles. The average molecular weight is 308 g/mol. The molecule has 0 bridgehead atoms. The summed E-state index contributed by atoms with van der Waals surface area (Å²) in [6.07, 6.45) is 8.71. The van der Waals surface area contributed by atoms with Gasteiger partial charge >= 0.3 is 0 Å². The van der Waals surface area contributed by atoms with Crippen molar-refractivity contribution in [2.45, 2.75) is 38.0 Å². The number of ether oxygens (including phenoxy) is 1. The van der Waals surface area contributed by atoms with Gasteiger partial charge in [-0.25, -0.2) is 0 Å². The number of benzene rings is 1. The molecule has 3 aliphatic rings. The van der Waals surface area contributed by atoms with Gasteiger partial charge in [0.05, 0.1) is 11.5 Å². The Kier molecular flexibility index (Phi) is 2.78. The van der Waals surface area contributed by atoms with E-state index in [1.807, 2.05) is 0 Å². The van der Waals surface area contributed by atoms with Gasteiger partial charge in [0.1, 0.15) is 5.76 Å². The van der Waals surface area contributed by atoms with Gasteiger partial charge < -0.3 is 14.5 Å². The predicted octanol–water partition coefficient (Wildman–Crippen LogP) is 3.80. The lowest BCUT2D eigenvalue weighted by Gasteiger charge is -2.48. The van der Waals surface area contributed by atoms with E-state index >= 15 is 0 Å². The Morgan fingerprint density at radius 3 is 2.57 bits per heavy atom. The van der Waals surface area contributed by atoms with Gasteiger partial charge in [0, 0.05) is 31.6 Å². The summed E-state index contributed by atoms with van der Waals surface area (Å²) in [5.74, 6) is 1.06. The number of rotatable bonds is 0. The van der Waals surface area contributed by atoms with Crippen LogP contribution >= 0.6 is 0 Å². The van der Waals surface area contributed by atoms with Crippen molar-refractivity contribution in [3.8, 4) is 0 Å². The second-order valence-corrected chi connectivity index (χ2v) is 7.31. The molecular formula is C20H24N2O. The Labute approximate surface area is 138 Å².